The van der Waals surface area contributed by atoms with Gasteiger partial charge in [0.05, 0.1) is 0 Å². The van der Waals surface area contributed by atoms with Gasteiger partial charge in [-0.1, -0.05) is 0 Å². The Kier molecular flexibility index (Phi) is 2.49. The molecule has 1 heterocycles. The maximum Gasteiger partial charge on any atom is 0.599 e. The van der Waals surface area contributed by atoms with Crippen LogP contribution in [-0.4, -0.2) is 32.5 Å². The van der Waals surface area contributed by atoms with Crippen LogP contribution in [0.3, 0.4) is 0 Å². The molecular weight excluding hydrogens is 200 g/mol. The highest BCUT2D eigenvalue weighted by Gasteiger charge is 2.40. The Labute approximate surface area is 76.1 Å². The molecule has 0 aliphatic carbocycles. The molecule has 0 saturated carbocycles. The standard InChI is InChI=1S/C4H6N4O6/c9-2-3(10)6-1(5-2)4(7(11)12)8(13)14/h2-3,5-6,9-10H/t2-,3+. The Morgan fingerprint density at radius 1 is 1.14 bits per heavy atom. The van der Waals surface area contributed by atoms with Crippen LogP contribution in [0.25, 0.3) is 0 Å². The molecule has 1 rings (SSSR count). The predicted molar refractivity (Wildman–Crippen MR) is 39.3 cm³/mol. The van der Waals surface area contributed by atoms with Gasteiger partial charge < -0.3 is 20.8 Å². The molecule has 0 radical (unpaired) electrons. The van der Waals surface area contributed by atoms with Crippen LogP contribution in [0.1, 0.15) is 0 Å². The Bertz CT molecular complexity index is 285. The molecule has 0 spiro atoms. The van der Waals surface area contributed by atoms with E-state index in [2.05, 4.69) is 0 Å². The fraction of sp³-hybridized carbons (Fsp3) is 0.500. The lowest BCUT2D eigenvalue weighted by molar-refractivity contribution is -0.618. The van der Waals surface area contributed by atoms with Crippen LogP contribution in [0.2, 0.25) is 0 Å². The first kappa shape index (κ1) is 10.1. The van der Waals surface area contributed by atoms with E-state index in [0.29, 0.717) is 0 Å². The van der Waals surface area contributed by atoms with Gasteiger partial charge in [-0.3, -0.25) is 20.2 Å². The molecule has 1 aliphatic rings. The normalized spacial score (nSPS) is 25.1. The molecule has 0 bridgehead atoms. The minimum Gasteiger partial charge on any atom is -0.369 e. The van der Waals surface area contributed by atoms with Crippen molar-refractivity contribution < 1.29 is 20.1 Å². The Balaban J connectivity index is 3.02. The van der Waals surface area contributed by atoms with Gasteiger partial charge in [-0.05, 0) is 0 Å². The van der Waals surface area contributed by atoms with Crippen molar-refractivity contribution in [2.45, 2.75) is 12.5 Å². The van der Waals surface area contributed by atoms with E-state index >= 15 is 0 Å². The number of aliphatic hydroxyl groups excluding tert-OH is 2. The summed E-state index contributed by atoms with van der Waals surface area (Å²) < 4.78 is 0. The van der Waals surface area contributed by atoms with Crippen LogP contribution in [0.15, 0.2) is 11.6 Å². The van der Waals surface area contributed by atoms with Gasteiger partial charge in [-0.2, -0.15) is 0 Å². The Morgan fingerprint density at radius 3 is 1.79 bits per heavy atom. The highest BCUT2D eigenvalue weighted by Crippen LogP contribution is 2.08. The molecule has 0 unspecified atom stereocenters. The average Bonchev–Trinajstić information content (AvgIpc) is 2.29. The van der Waals surface area contributed by atoms with Crippen LogP contribution >= 0.6 is 0 Å². The van der Waals surface area contributed by atoms with Gasteiger partial charge in [0.1, 0.15) is 9.85 Å². The molecular formula is C4H6N4O6. The highest BCUT2D eigenvalue weighted by molar-refractivity contribution is 5.05. The van der Waals surface area contributed by atoms with Crippen molar-refractivity contribution >= 4 is 0 Å². The summed E-state index contributed by atoms with van der Waals surface area (Å²) in [4.78, 5) is 17.9. The largest absolute Gasteiger partial charge is 0.599 e. The smallest absolute Gasteiger partial charge is 0.369 e. The van der Waals surface area contributed by atoms with Gasteiger partial charge in [0.25, 0.3) is 5.82 Å². The highest BCUT2D eigenvalue weighted by atomic mass is 16.7. The molecule has 0 aromatic carbocycles. The van der Waals surface area contributed by atoms with Gasteiger partial charge in [-0.15, -0.1) is 0 Å². The summed E-state index contributed by atoms with van der Waals surface area (Å²) in [6, 6.07) is 0. The van der Waals surface area contributed by atoms with Crippen LogP contribution in [0.5, 0.6) is 0 Å². The van der Waals surface area contributed by atoms with Crippen LogP contribution in [0.4, 0.5) is 0 Å². The van der Waals surface area contributed by atoms with Gasteiger partial charge in [0.15, 0.2) is 12.5 Å². The quantitative estimate of drug-likeness (QED) is 0.285. The van der Waals surface area contributed by atoms with E-state index in [1.54, 1.807) is 0 Å². The maximum atomic E-state index is 10.2. The summed E-state index contributed by atoms with van der Waals surface area (Å²) in [5, 5.41) is 42.1. The number of nitro groups is 2. The molecule has 0 aromatic rings. The summed E-state index contributed by atoms with van der Waals surface area (Å²) in [5.74, 6) is -1.99. The second kappa shape index (κ2) is 3.43. The Morgan fingerprint density at radius 2 is 1.50 bits per heavy atom. The van der Waals surface area contributed by atoms with Gasteiger partial charge in [-0.25, -0.2) is 0 Å². The average molecular weight is 206 g/mol. The summed E-state index contributed by atoms with van der Waals surface area (Å²) in [5.41, 5.74) is 0. The number of hydrogen-bond acceptors (Lipinski definition) is 8. The van der Waals surface area contributed by atoms with Gasteiger partial charge >= 0.3 is 5.82 Å². The van der Waals surface area contributed by atoms with Crippen molar-refractivity contribution in [1.82, 2.24) is 10.6 Å². The molecule has 4 N–H and O–H groups in total. The van der Waals surface area contributed by atoms with Crippen molar-refractivity contribution in [3.05, 3.63) is 31.9 Å². The van der Waals surface area contributed by atoms with E-state index in [4.69, 9.17) is 10.2 Å². The molecule has 2 atom stereocenters. The minimum atomic E-state index is -1.51. The van der Waals surface area contributed by atoms with E-state index in [1.807, 2.05) is 10.6 Å². The zero-order valence-electron chi connectivity index (χ0n) is 6.58. The number of nitrogens with one attached hydrogen (secondary N) is 2. The summed E-state index contributed by atoms with van der Waals surface area (Å²) in [6.07, 6.45) is -3.03. The number of aliphatic hydroxyl groups is 2. The molecule has 0 amide bonds. The molecule has 14 heavy (non-hydrogen) atoms. The molecule has 0 aromatic heterocycles. The summed E-state index contributed by atoms with van der Waals surface area (Å²) in [6.45, 7) is 0. The van der Waals surface area contributed by atoms with E-state index in [-0.39, 0.29) is 0 Å². The van der Waals surface area contributed by atoms with E-state index < -0.39 is 33.9 Å². The third kappa shape index (κ3) is 1.70. The lowest BCUT2D eigenvalue weighted by Crippen LogP contribution is -2.32. The number of nitrogens with zero attached hydrogens (tertiary/aromatic N) is 2. The first-order chi connectivity index (χ1) is 6.43. The fourth-order valence-corrected chi connectivity index (χ4v) is 0.874. The molecule has 10 heteroatoms. The zero-order chi connectivity index (χ0) is 10.9. The lowest BCUT2D eigenvalue weighted by atomic mass is 10.5. The third-order valence-corrected chi connectivity index (χ3v) is 1.45. The summed E-state index contributed by atoms with van der Waals surface area (Å²) in [7, 11) is 0. The zero-order valence-corrected chi connectivity index (χ0v) is 6.58. The number of rotatable bonds is 2. The maximum absolute atomic E-state index is 10.2. The van der Waals surface area contributed by atoms with E-state index in [1.165, 1.54) is 0 Å². The van der Waals surface area contributed by atoms with Crippen molar-refractivity contribution in [1.29, 1.82) is 0 Å². The molecule has 78 valence electrons. The molecule has 1 saturated heterocycles. The minimum absolute atomic E-state index is 0.625. The molecule has 1 aliphatic heterocycles. The third-order valence-electron chi connectivity index (χ3n) is 1.45. The van der Waals surface area contributed by atoms with Crippen LogP contribution < -0.4 is 10.6 Å². The first-order valence-electron chi connectivity index (χ1n) is 3.35. The van der Waals surface area contributed by atoms with Crippen molar-refractivity contribution in [3.63, 3.8) is 0 Å². The monoisotopic (exact) mass is 206 g/mol. The second-order valence-corrected chi connectivity index (χ2v) is 2.39. The van der Waals surface area contributed by atoms with E-state index in [0.717, 1.165) is 0 Å². The SMILES string of the molecule is O=[N+]([O-])C(=C1N[C@@H](O)[C@@H](O)N1)[N+](=O)[O-]. The van der Waals surface area contributed by atoms with Crippen molar-refractivity contribution in [2.75, 3.05) is 0 Å². The van der Waals surface area contributed by atoms with Gasteiger partial charge in [0.2, 0.25) is 0 Å². The molecule has 1 fully saturated rings. The topological polar surface area (TPSA) is 151 Å². The number of hydrogen-bond donors (Lipinski definition) is 4. The van der Waals surface area contributed by atoms with Gasteiger partial charge in [0, 0.05) is 0 Å². The van der Waals surface area contributed by atoms with E-state index in [9.17, 15) is 20.2 Å². The fourth-order valence-electron chi connectivity index (χ4n) is 0.874. The summed E-state index contributed by atoms with van der Waals surface area (Å²) >= 11 is 0. The molecule has 10 nitrogen and oxygen atoms in total. The van der Waals surface area contributed by atoms with Crippen molar-refractivity contribution in [3.8, 4) is 0 Å². The van der Waals surface area contributed by atoms with Crippen LogP contribution in [-0.2, 0) is 0 Å². The lowest BCUT2D eigenvalue weighted by Gasteiger charge is -2.02. The first-order valence-corrected chi connectivity index (χ1v) is 3.35. The van der Waals surface area contributed by atoms with Crippen molar-refractivity contribution in [2.24, 2.45) is 0 Å². The Hall–Kier alpha value is -1.94. The predicted octanol–water partition coefficient (Wildman–Crippen LogP) is -2.50. The second-order valence-electron chi connectivity index (χ2n) is 2.39. The van der Waals surface area contributed by atoms with Crippen LogP contribution in [0, 0.1) is 20.2 Å².